The van der Waals surface area contributed by atoms with Crippen LogP contribution in [0, 0.1) is 5.92 Å². The summed E-state index contributed by atoms with van der Waals surface area (Å²) in [5.74, 6) is 1.96. The molecule has 1 aliphatic carbocycles. The van der Waals surface area contributed by atoms with Crippen molar-refractivity contribution in [2.75, 3.05) is 6.17 Å². The maximum atomic E-state index is 13.2. The van der Waals surface area contributed by atoms with Crippen molar-refractivity contribution in [1.82, 2.24) is 29.7 Å². The summed E-state index contributed by atoms with van der Waals surface area (Å²) in [7, 11) is -1.65. The summed E-state index contributed by atoms with van der Waals surface area (Å²) in [6, 6.07) is 19.7. The molecule has 4 atom stereocenters. The fourth-order valence-electron chi connectivity index (χ4n) is 8.02. The molecule has 0 bridgehead atoms. The molecule has 0 spiro atoms. The average Bonchev–Trinajstić information content (AvgIpc) is 3.40. The van der Waals surface area contributed by atoms with Crippen molar-refractivity contribution >= 4 is 53.7 Å². The van der Waals surface area contributed by atoms with Gasteiger partial charge in [-0.15, -0.1) is 0 Å². The number of halogens is 1. The van der Waals surface area contributed by atoms with Crippen molar-refractivity contribution in [1.29, 1.82) is 0 Å². The van der Waals surface area contributed by atoms with Gasteiger partial charge in [-0.1, -0.05) is 67.2 Å². The molecule has 3 fully saturated rings. The maximum Gasteiger partial charge on any atom is 0.411 e. The van der Waals surface area contributed by atoms with Crippen LogP contribution in [0.3, 0.4) is 0 Å². The minimum Gasteiger partial charge on any atom is -0.444 e. The van der Waals surface area contributed by atoms with E-state index in [-0.39, 0.29) is 30.3 Å². The third-order valence-electron chi connectivity index (χ3n) is 10.4. The number of hydrogen-bond acceptors (Lipinski definition) is 6. The van der Waals surface area contributed by atoms with E-state index in [4.69, 9.17) is 26.1 Å². The molecule has 2 saturated heterocycles. The second-order valence-corrected chi connectivity index (χ2v) is 23.0. The maximum absolute atomic E-state index is 13.2. The zero-order chi connectivity index (χ0) is 36.9. The van der Waals surface area contributed by atoms with Gasteiger partial charge in [0.15, 0.2) is 5.15 Å². The number of piperidine rings is 1. The van der Waals surface area contributed by atoms with Crippen LogP contribution in [-0.4, -0.2) is 73.4 Å². The predicted octanol–water partition coefficient (Wildman–Crippen LogP) is 10.0. The van der Waals surface area contributed by atoms with Crippen LogP contribution < -0.4 is 0 Å². The van der Waals surface area contributed by atoms with Crippen molar-refractivity contribution in [2.45, 2.75) is 103 Å². The first-order valence-corrected chi connectivity index (χ1v) is 22.0. The van der Waals surface area contributed by atoms with Crippen molar-refractivity contribution in [2.24, 2.45) is 5.92 Å². The van der Waals surface area contributed by atoms with E-state index in [9.17, 15) is 9.59 Å². The highest BCUT2D eigenvalue weighted by atomic mass is 35.5. The summed E-state index contributed by atoms with van der Waals surface area (Å²) in [4.78, 5) is 46.9. The lowest BCUT2D eigenvalue weighted by atomic mass is 9.99. The summed E-state index contributed by atoms with van der Waals surface area (Å²) in [5, 5.41) is 2.53. The number of nitrogens with zero attached hydrogens (tertiary/aromatic N) is 4. The third-order valence-corrected chi connectivity index (χ3v) is 13.3. The molecule has 0 radical (unpaired) electrons. The quantitative estimate of drug-likeness (QED) is 0.177. The Labute approximate surface area is 310 Å². The van der Waals surface area contributed by atoms with Crippen LogP contribution in [0.25, 0.3) is 44.3 Å². The van der Waals surface area contributed by atoms with E-state index in [1.54, 1.807) is 0 Å². The number of nitrogens with one attached hydrogen (secondary N) is 2. The normalized spacial score (nSPS) is 22.6. The van der Waals surface area contributed by atoms with E-state index in [1.165, 1.54) is 0 Å². The first kappa shape index (κ1) is 34.7. The third kappa shape index (κ3) is 6.57. The average molecular weight is 739 g/mol. The van der Waals surface area contributed by atoms with Gasteiger partial charge in [-0.25, -0.2) is 19.6 Å². The molecule has 272 valence electrons. The highest BCUT2D eigenvalue weighted by Crippen LogP contribution is 2.54. The molecule has 52 heavy (non-hydrogen) atoms. The Balaban J connectivity index is 1.03. The van der Waals surface area contributed by atoms with Crippen LogP contribution in [-0.2, 0) is 9.47 Å². The number of hydrogen-bond donors (Lipinski definition) is 2. The summed E-state index contributed by atoms with van der Waals surface area (Å²) < 4.78 is 11.5. The number of amides is 2. The molecule has 3 aliphatic rings. The number of rotatable bonds is 4. The number of imidazole rings is 2. The lowest BCUT2D eigenvalue weighted by molar-refractivity contribution is 0.0176. The van der Waals surface area contributed by atoms with Crippen LogP contribution in [0.1, 0.15) is 78.0 Å². The molecule has 2 aromatic heterocycles. The van der Waals surface area contributed by atoms with Gasteiger partial charge in [0, 0.05) is 23.2 Å². The number of aromatic amines is 2. The van der Waals surface area contributed by atoms with Gasteiger partial charge < -0.3 is 24.3 Å². The molecule has 4 heterocycles. The first-order valence-electron chi connectivity index (χ1n) is 18.2. The second kappa shape index (κ2) is 12.1. The number of fused-ring (bicyclic) bond motifs is 4. The lowest BCUT2D eigenvalue weighted by Crippen LogP contribution is -2.39. The van der Waals surface area contributed by atoms with Crippen LogP contribution in [0.5, 0.6) is 0 Å². The highest BCUT2D eigenvalue weighted by Gasteiger charge is 2.56. The second-order valence-electron chi connectivity index (χ2n) is 17.6. The van der Waals surface area contributed by atoms with E-state index in [1.807, 2.05) is 63.5 Å². The molecule has 5 aromatic rings. The summed E-state index contributed by atoms with van der Waals surface area (Å²) in [5.41, 5.74) is 4.56. The van der Waals surface area contributed by atoms with Crippen molar-refractivity contribution < 1.29 is 19.1 Å². The Morgan fingerprint density at radius 3 is 2.21 bits per heavy atom. The Morgan fingerprint density at radius 2 is 1.50 bits per heavy atom. The molecule has 3 aromatic carbocycles. The van der Waals surface area contributed by atoms with Crippen molar-refractivity contribution in [3.8, 4) is 22.5 Å². The van der Waals surface area contributed by atoms with Gasteiger partial charge in [-0.05, 0) is 95.0 Å². The van der Waals surface area contributed by atoms with Gasteiger partial charge >= 0.3 is 12.2 Å². The Bertz CT molecular complexity index is 2220. The smallest absolute Gasteiger partial charge is 0.411 e. The molecule has 12 heteroatoms. The molecule has 10 nitrogen and oxygen atoms in total. The van der Waals surface area contributed by atoms with E-state index in [0.717, 1.165) is 75.1 Å². The van der Waals surface area contributed by atoms with Crippen LogP contribution in [0.2, 0.25) is 24.3 Å². The lowest BCUT2D eigenvalue weighted by Gasteiger charge is -2.30. The largest absolute Gasteiger partial charge is 0.444 e. The van der Waals surface area contributed by atoms with E-state index in [2.05, 4.69) is 70.5 Å². The fraction of sp³-hybridized carbons (Fsp3) is 0.450. The Kier molecular flexibility index (Phi) is 8.07. The molecule has 2 N–H and O–H groups in total. The molecule has 2 aliphatic heterocycles. The SMILES string of the molecule is CC(C)(C)OC(=O)N1C[Si](C)(C)C[C@H]1c1nc2c(ccc3cc(-c4ccc(-c5nc(Cl)c([C@@H]6C[C@@H]7C[C@@H]7N6C(=O)OC(C)(C)C)[nH]5)cc4)ccc32)[nH]1. The number of carbonyl (C=O) groups excluding carboxylic acids is 2. The van der Waals surface area contributed by atoms with Gasteiger partial charge in [0.25, 0.3) is 0 Å². The number of carbonyl (C=O) groups is 2. The summed E-state index contributed by atoms with van der Waals surface area (Å²) >= 11 is 6.71. The van der Waals surface area contributed by atoms with Crippen LogP contribution in [0.4, 0.5) is 9.59 Å². The van der Waals surface area contributed by atoms with E-state index in [0.29, 0.717) is 16.9 Å². The van der Waals surface area contributed by atoms with E-state index >= 15 is 0 Å². The molecular weight excluding hydrogens is 692 g/mol. The Morgan fingerprint density at radius 1 is 0.827 bits per heavy atom. The summed E-state index contributed by atoms with van der Waals surface area (Å²) in [6.07, 6.45) is 2.03. The molecular formula is C40H47ClN6O4Si. The molecule has 0 unspecified atom stereocenters. The molecule has 1 saturated carbocycles. The number of likely N-dealkylation sites (tertiary alicyclic amines) is 1. The van der Waals surface area contributed by atoms with Crippen LogP contribution >= 0.6 is 11.6 Å². The molecule has 8 rings (SSSR count). The predicted molar refractivity (Wildman–Crippen MR) is 207 cm³/mol. The van der Waals surface area contributed by atoms with Gasteiger partial charge in [-0.3, -0.25) is 4.90 Å². The van der Waals surface area contributed by atoms with Gasteiger partial charge in [0.1, 0.15) is 22.9 Å². The molecule has 2 amide bonds. The number of aromatic nitrogens is 4. The van der Waals surface area contributed by atoms with Gasteiger partial charge in [0.05, 0.1) is 36.9 Å². The minimum absolute atomic E-state index is 0.135. The Hall–Kier alpha value is -4.35. The zero-order valence-electron chi connectivity index (χ0n) is 31.1. The van der Waals surface area contributed by atoms with Crippen molar-refractivity contribution in [3.05, 3.63) is 71.3 Å². The fourth-order valence-corrected chi connectivity index (χ4v) is 11.1. The van der Waals surface area contributed by atoms with Crippen molar-refractivity contribution in [3.63, 3.8) is 0 Å². The van der Waals surface area contributed by atoms with Crippen LogP contribution in [0.15, 0.2) is 54.6 Å². The topological polar surface area (TPSA) is 116 Å². The summed E-state index contributed by atoms with van der Waals surface area (Å²) in [6.45, 7) is 16.0. The highest BCUT2D eigenvalue weighted by molar-refractivity contribution is 6.78. The zero-order valence-corrected chi connectivity index (χ0v) is 32.9. The van der Waals surface area contributed by atoms with Gasteiger partial charge in [0.2, 0.25) is 0 Å². The standard InChI is InChI=1S/C40H47ClN6O4Si/c1-39(2,3)50-37(48)46-21-52(7,8)20-31(46)36-42-28-16-14-25-17-24(13-15-27(25)32(28)43-36)22-9-11-23(12-10-22)35-44-33(34(41)45-35)30-19-26-18-29(26)47(30)38(49)51-40(4,5)6/h9-17,26,29-31H,18-21H2,1-8H3,(H,42,43)(H,44,45)/t26-,29-,30-,31-/m0/s1. The number of ether oxygens (including phenoxy) is 2. The van der Waals surface area contributed by atoms with E-state index < -0.39 is 19.3 Å². The minimum atomic E-state index is -1.65. The van der Waals surface area contributed by atoms with Gasteiger partial charge in [-0.2, -0.15) is 0 Å². The number of H-pyrrole nitrogens is 2. The first-order chi connectivity index (χ1) is 24.4. The monoisotopic (exact) mass is 738 g/mol. The number of benzene rings is 3.